The van der Waals surface area contributed by atoms with E-state index in [0.29, 0.717) is 0 Å². The van der Waals surface area contributed by atoms with E-state index in [-0.39, 0.29) is 0 Å². The van der Waals surface area contributed by atoms with Crippen LogP contribution in [-0.4, -0.2) is 26.7 Å². The van der Waals surface area contributed by atoms with Gasteiger partial charge in [0.1, 0.15) is 5.82 Å². The molecule has 0 aromatic carbocycles. The molecule has 2 aromatic rings. The minimum Gasteiger partial charge on any atom is -0.349 e. The van der Waals surface area contributed by atoms with Crippen molar-refractivity contribution in [2.45, 2.75) is 13.0 Å². The van der Waals surface area contributed by atoms with Gasteiger partial charge in [-0.25, -0.2) is 4.98 Å². The van der Waals surface area contributed by atoms with Crippen molar-refractivity contribution in [2.24, 2.45) is 0 Å². The van der Waals surface area contributed by atoms with Gasteiger partial charge in [0.05, 0.1) is 0 Å². The summed E-state index contributed by atoms with van der Waals surface area (Å²) in [5, 5.41) is 10.1. The highest BCUT2D eigenvalue weighted by molar-refractivity contribution is 4.96. The second-order valence-corrected chi connectivity index (χ2v) is 3.04. The number of H-pyrrole nitrogens is 2. The molecular formula is C9H13N5. The lowest BCUT2D eigenvalue weighted by atomic mass is 10.4. The van der Waals surface area contributed by atoms with Gasteiger partial charge in [0.2, 0.25) is 0 Å². The summed E-state index contributed by atoms with van der Waals surface area (Å²) >= 11 is 0. The number of nitrogens with one attached hydrogen (secondary N) is 3. The highest BCUT2D eigenvalue weighted by Crippen LogP contribution is 1.91. The minimum absolute atomic E-state index is 0.820. The second-order valence-electron chi connectivity index (χ2n) is 3.04. The van der Waals surface area contributed by atoms with Crippen molar-refractivity contribution in [3.63, 3.8) is 0 Å². The largest absolute Gasteiger partial charge is 0.349 e. The Labute approximate surface area is 82.0 Å². The summed E-state index contributed by atoms with van der Waals surface area (Å²) in [6, 6.07) is 1.96. The van der Waals surface area contributed by atoms with Crippen LogP contribution >= 0.6 is 0 Å². The number of nitrogens with zero attached hydrogens (tertiary/aromatic N) is 2. The number of rotatable bonds is 5. The van der Waals surface area contributed by atoms with Gasteiger partial charge in [-0.05, 0) is 6.07 Å². The molecule has 2 rings (SSSR count). The van der Waals surface area contributed by atoms with Crippen LogP contribution in [0.5, 0.6) is 0 Å². The molecule has 0 spiro atoms. The molecule has 0 saturated carbocycles. The summed E-state index contributed by atoms with van der Waals surface area (Å²) in [6.07, 6.45) is 6.28. The first-order valence-corrected chi connectivity index (χ1v) is 4.62. The molecule has 3 N–H and O–H groups in total. The van der Waals surface area contributed by atoms with Gasteiger partial charge in [0, 0.05) is 43.8 Å². The van der Waals surface area contributed by atoms with E-state index in [4.69, 9.17) is 0 Å². The molecule has 0 bridgehead atoms. The highest BCUT2D eigenvalue weighted by Gasteiger charge is 1.95. The molecule has 5 heteroatoms. The molecule has 0 radical (unpaired) electrons. The van der Waals surface area contributed by atoms with E-state index in [1.165, 1.54) is 0 Å². The van der Waals surface area contributed by atoms with Gasteiger partial charge < -0.3 is 10.3 Å². The van der Waals surface area contributed by atoms with Crippen molar-refractivity contribution in [1.29, 1.82) is 0 Å². The van der Waals surface area contributed by atoms with Crippen LogP contribution in [0.1, 0.15) is 11.5 Å². The predicted octanol–water partition coefficient (Wildman–Crippen LogP) is 0.465. The summed E-state index contributed by atoms with van der Waals surface area (Å²) in [4.78, 5) is 7.19. The van der Waals surface area contributed by atoms with Crippen molar-refractivity contribution < 1.29 is 0 Å². The summed E-state index contributed by atoms with van der Waals surface area (Å²) in [5.74, 6) is 1.02. The van der Waals surface area contributed by atoms with Gasteiger partial charge in [-0.2, -0.15) is 5.10 Å². The molecule has 14 heavy (non-hydrogen) atoms. The summed E-state index contributed by atoms with van der Waals surface area (Å²) in [7, 11) is 0. The third-order valence-electron chi connectivity index (χ3n) is 1.97. The van der Waals surface area contributed by atoms with Crippen LogP contribution in [0.2, 0.25) is 0 Å². The van der Waals surface area contributed by atoms with E-state index in [1.54, 1.807) is 12.4 Å². The fourth-order valence-corrected chi connectivity index (χ4v) is 1.25. The third-order valence-corrected chi connectivity index (χ3v) is 1.97. The van der Waals surface area contributed by atoms with E-state index >= 15 is 0 Å². The maximum Gasteiger partial charge on any atom is 0.107 e. The summed E-state index contributed by atoms with van der Waals surface area (Å²) < 4.78 is 0. The lowest BCUT2D eigenvalue weighted by molar-refractivity contribution is 0.661. The first-order valence-electron chi connectivity index (χ1n) is 4.62. The molecule has 5 nitrogen and oxygen atoms in total. The molecule has 2 aromatic heterocycles. The Morgan fingerprint density at radius 2 is 2.36 bits per heavy atom. The van der Waals surface area contributed by atoms with E-state index < -0.39 is 0 Å². The Bertz CT molecular complexity index is 301. The van der Waals surface area contributed by atoms with Crippen molar-refractivity contribution in [3.05, 3.63) is 36.2 Å². The van der Waals surface area contributed by atoms with Crippen molar-refractivity contribution in [3.8, 4) is 0 Å². The molecular weight excluding hydrogens is 178 g/mol. The Kier molecular flexibility index (Phi) is 2.92. The van der Waals surface area contributed by atoms with E-state index in [0.717, 1.165) is 31.0 Å². The molecule has 0 unspecified atom stereocenters. The third kappa shape index (κ3) is 2.43. The lowest BCUT2D eigenvalue weighted by Gasteiger charge is -2.00. The van der Waals surface area contributed by atoms with E-state index in [2.05, 4.69) is 25.5 Å². The second kappa shape index (κ2) is 4.57. The molecule has 0 aliphatic carbocycles. The predicted molar refractivity (Wildman–Crippen MR) is 52.6 cm³/mol. The normalized spacial score (nSPS) is 10.6. The zero-order valence-corrected chi connectivity index (χ0v) is 7.83. The van der Waals surface area contributed by atoms with E-state index in [9.17, 15) is 0 Å². The van der Waals surface area contributed by atoms with Crippen LogP contribution in [0.3, 0.4) is 0 Å². The maximum absolute atomic E-state index is 4.14. The van der Waals surface area contributed by atoms with Crippen LogP contribution in [0.4, 0.5) is 0 Å². The number of aromatic amines is 2. The Balaban J connectivity index is 1.65. The Hall–Kier alpha value is -1.62. The highest BCUT2D eigenvalue weighted by atomic mass is 15.1. The van der Waals surface area contributed by atoms with E-state index in [1.807, 2.05) is 12.3 Å². The standard InChI is InChI=1S/C9H13N5/c1-4-13-14-8(1)7-10-3-2-9-11-5-6-12-9/h1,4-6,10H,2-3,7H2,(H,11,12)(H,13,14). The van der Waals surface area contributed by atoms with Gasteiger partial charge in [-0.1, -0.05) is 0 Å². The topological polar surface area (TPSA) is 69.4 Å². The van der Waals surface area contributed by atoms with Crippen molar-refractivity contribution in [2.75, 3.05) is 6.54 Å². The van der Waals surface area contributed by atoms with Crippen LogP contribution in [0.15, 0.2) is 24.7 Å². The molecule has 74 valence electrons. The number of aromatic nitrogens is 4. The first-order chi connectivity index (χ1) is 6.95. The van der Waals surface area contributed by atoms with Crippen molar-refractivity contribution >= 4 is 0 Å². The van der Waals surface area contributed by atoms with Crippen molar-refractivity contribution in [1.82, 2.24) is 25.5 Å². The van der Waals surface area contributed by atoms with Crippen LogP contribution in [0, 0.1) is 0 Å². The molecule has 0 saturated heterocycles. The SMILES string of the molecule is c1cc(CNCCc2ncc[nH]2)[nH]n1. The summed E-state index contributed by atoms with van der Waals surface area (Å²) in [5.41, 5.74) is 1.10. The quantitative estimate of drug-likeness (QED) is 0.601. The number of imidazole rings is 1. The number of hydrogen-bond acceptors (Lipinski definition) is 3. The minimum atomic E-state index is 0.820. The zero-order chi connectivity index (χ0) is 9.64. The molecule has 0 aliphatic heterocycles. The molecule has 0 atom stereocenters. The van der Waals surface area contributed by atoms with Gasteiger partial charge in [-0.3, -0.25) is 5.10 Å². The fourth-order valence-electron chi connectivity index (χ4n) is 1.25. The van der Waals surface area contributed by atoms with Crippen LogP contribution in [0.25, 0.3) is 0 Å². The van der Waals surface area contributed by atoms with Gasteiger partial charge in [-0.15, -0.1) is 0 Å². The molecule has 2 heterocycles. The Morgan fingerprint density at radius 3 is 3.07 bits per heavy atom. The fraction of sp³-hybridized carbons (Fsp3) is 0.333. The smallest absolute Gasteiger partial charge is 0.107 e. The zero-order valence-electron chi connectivity index (χ0n) is 7.83. The number of hydrogen-bond donors (Lipinski definition) is 3. The average Bonchev–Trinajstić information content (AvgIpc) is 2.86. The summed E-state index contributed by atoms with van der Waals surface area (Å²) in [6.45, 7) is 1.73. The molecule has 0 fully saturated rings. The van der Waals surface area contributed by atoms with Gasteiger partial charge in [0.25, 0.3) is 0 Å². The Morgan fingerprint density at radius 1 is 1.36 bits per heavy atom. The first kappa shape index (κ1) is 8.96. The molecule has 0 aliphatic rings. The lowest BCUT2D eigenvalue weighted by Crippen LogP contribution is -2.17. The van der Waals surface area contributed by atoms with Gasteiger partial charge in [0.15, 0.2) is 0 Å². The van der Waals surface area contributed by atoms with Crippen LogP contribution < -0.4 is 5.32 Å². The maximum atomic E-state index is 4.14. The average molecular weight is 191 g/mol. The van der Waals surface area contributed by atoms with Crippen LogP contribution in [-0.2, 0) is 13.0 Å². The van der Waals surface area contributed by atoms with Gasteiger partial charge >= 0.3 is 0 Å². The monoisotopic (exact) mass is 191 g/mol. The molecule has 0 amide bonds.